The lowest BCUT2D eigenvalue weighted by atomic mass is 10.1. The lowest BCUT2D eigenvalue weighted by Gasteiger charge is -2.06. The highest BCUT2D eigenvalue weighted by molar-refractivity contribution is 7.90. The number of nitro groups is 1. The van der Waals surface area contributed by atoms with Gasteiger partial charge in [-0.05, 0) is 36.4 Å². The minimum absolute atomic E-state index is 0.00792. The molecule has 0 N–H and O–H groups in total. The highest BCUT2D eigenvalue weighted by Gasteiger charge is 2.22. The summed E-state index contributed by atoms with van der Waals surface area (Å²) >= 11 is 5.71. The Morgan fingerprint density at radius 1 is 1.18 bits per heavy atom. The third-order valence-corrected chi connectivity index (χ3v) is 4.86. The zero-order valence-electron chi connectivity index (χ0n) is 11.1. The molecule has 0 aromatic heterocycles. The zero-order valence-corrected chi connectivity index (χ0v) is 12.6. The van der Waals surface area contributed by atoms with E-state index in [0.29, 0.717) is 5.02 Å². The van der Waals surface area contributed by atoms with Gasteiger partial charge < -0.3 is 0 Å². The molecular weight excluding hydrogens is 328 g/mol. The second kappa shape index (κ2) is 6.13. The lowest BCUT2D eigenvalue weighted by molar-refractivity contribution is -0.385. The first-order valence-electron chi connectivity index (χ1n) is 5.99. The molecule has 0 bridgehead atoms. The van der Waals surface area contributed by atoms with Gasteiger partial charge in [0.05, 0.1) is 27.2 Å². The smallest absolute Gasteiger partial charge is 0.258 e. The number of rotatable bonds is 4. The molecule has 0 unspecified atom stereocenters. The normalized spacial score (nSPS) is 10.9. The molecule has 0 spiro atoms. The Labute approximate surface area is 131 Å². The number of halogens is 1. The topological polar surface area (TPSA) is 101 Å². The molecule has 0 aliphatic carbocycles. The van der Waals surface area contributed by atoms with E-state index >= 15 is 0 Å². The van der Waals surface area contributed by atoms with Crippen LogP contribution in [0, 0.1) is 21.4 Å². The van der Waals surface area contributed by atoms with Gasteiger partial charge >= 0.3 is 0 Å². The van der Waals surface area contributed by atoms with Gasteiger partial charge in [0, 0.05) is 16.7 Å². The van der Waals surface area contributed by atoms with Crippen molar-refractivity contribution in [3.8, 4) is 6.07 Å². The van der Waals surface area contributed by atoms with Gasteiger partial charge in [0.1, 0.15) is 0 Å². The molecule has 112 valence electrons. The molecule has 0 aliphatic rings. The molecule has 0 saturated heterocycles. The SMILES string of the molecule is N#Cc1ccc([N+](=O)[O-])c(CS(=O)(=O)c2ccc(Cl)cc2)c1. The summed E-state index contributed by atoms with van der Waals surface area (Å²) in [5.41, 5.74) is -0.206. The maximum absolute atomic E-state index is 12.3. The third-order valence-electron chi connectivity index (χ3n) is 2.92. The van der Waals surface area contributed by atoms with Gasteiger partial charge in [-0.15, -0.1) is 0 Å². The zero-order chi connectivity index (χ0) is 16.3. The second-order valence-corrected chi connectivity index (χ2v) is 6.85. The highest BCUT2D eigenvalue weighted by Crippen LogP contribution is 2.25. The van der Waals surface area contributed by atoms with Crippen LogP contribution >= 0.6 is 11.6 Å². The summed E-state index contributed by atoms with van der Waals surface area (Å²) in [6, 6.07) is 11.0. The minimum Gasteiger partial charge on any atom is -0.258 e. The monoisotopic (exact) mass is 336 g/mol. The van der Waals surface area contributed by atoms with Gasteiger partial charge in [-0.3, -0.25) is 10.1 Å². The van der Waals surface area contributed by atoms with Crippen molar-refractivity contribution >= 4 is 27.1 Å². The summed E-state index contributed by atoms with van der Waals surface area (Å²) in [7, 11) is -3.78. The van der Waals surface area contributed by atoms with Gasteiger partial charge in [-0.2, -0.15) is 5.26 Å². The highest BCUT2D eigenvalue weighted by atomic mass is 35.5. The van der Waals surface area contributed by atoms with Crippen LogP contribution in [0.2, 0.25) is 5.02 Å². The fourth-order valence-corrected chi connectivity index (χ4v) is 3.36. The molecule has 0 fully saturated rings. The van der Waals surface area contributed by atoms with Crippen molar-refractivity contribution in [3.63, 3.8) is 0 Å². The van der Waals surface area contributed by atoms with E-state index in [1.165, 1.54) is 36.4 Å². The first kappa shape index (κ1) is 15.9. The number of benzene rings is 2. The lowest BCUT2D eigenvalue weighted by Crippen LogP contribution is -2.07. The van der Waals surface area contributed by atoms with Gasteiger partial charge in [-0.1, -0.05) is 11.6 Å². The number of nitrogens with zero attached hydrogens (tertiary/aromatic N) is 2. The first-order chi connectivity index (χ1) is 10.3. The summed E-state index contributed by atoms with van der Waals surface area (Å²) in [5, 5.41) is 20.2. The van der Waals surface area contributed by atoms with Crippen molar-refractivity contribution in [2.45, 2.75) is 10.6 Å². The maximum atomic E-state index is 12.3. The van der Waals surface area contributed by atoms with Crippen LogP contribution < -0.4 is 0 Å². The molecule has 22 heavy (non-hydrogen) atoms. The molecule has 2 aromatic rings. The molecule has 0 aliphatic heterocycles. The van der Waals surface area contributed by atoms with Crippen molar-refractivity contribution in [2.75, 3.05) is 0 Å². The van der Waals surface area contributed by atoms with E-state index in [1.54, 1.807) is 0 Å². The Hall–Kier alpha value is -2.43. The fourth-order valence-electron chi connectivity index (χ4n) is 1.88. The Morgan fingerprint density at radius 3 is 2.36 bits per heavy atom. The van der Waals surface area contributed by atoms with E-state index in [9.17, 15) is 18.5 Å². The number of hydrogen-bond acceptors (Lipinski definition) is 5. The van der Waals surface area contributed by atoms with E-state index in [2.05, 4.69) is 0 Å². The van der Waals surface area contributed by atoms with Crippen LogP contribution in [0.3, 0.4) is 0 Å². The van der Waals surface area contributed by atoms with Crippen molar-refractivity contribution in [2.24, 2.45) is 0 Å². The molecule has 2 rings (SSSR count). The number of nitriles is 1. The van der Waals surface area contributed by atoms with Crippen LogP contribution in [-0.2, 0) is 15.6 Å². The quantitative estimate of drug-likeness (QED) is 0.630. The molecule has 2 aromatic carbocycles. The molecule has 0 atom stereocenters. The van der Waals surface area contributed by atoms with Crippen LogP contribution in [0.25, 0.3) is 0 Å². The van der Waals surface area contributed by atoms with E-state index in [4.69, 9.17) is 16.9 Å². The van der Waals surface area contributed by atoms with Crippen LogP contribution in [0.15, 0.2) is 47.4 Å². The molecule has 6 nitrogen and oxygen atoms in total. The number of nitro benzene ring substituents is 1. The van der Waals surface area contributed by atoms with E-state index < -0.39 is 20.5 Å². The second-order valence-electron chi connectivity index (χ2n) is 4.43. The summed E-state index contributed by atoms with van der Waals surface area (Å²) in [4.78, 5) is 10.3. The average molecular weight is 337 g/mol. The largest absolute Gasteiger partial charge is 0.273 e. The van der Waals surface area contributed by atoms with Crippen LogP contribution in [-0.4, -0.2) is 13.3 Å². The summed E-state index contributed by atoms with van der Waals surface area (Å²) in [5.74, 6) is -0.569. The van der Waals surface area contributed by atoms with E-state index in [1.807, 2.05) is 6.07 Å². The fraction of sp³-hybridized carbons (Fsp3) is 0.0714. The van der Waals surface area contributed by atoms with Gasteiger partial charge in [0.25, 0.3) is 5.69 Å². The maximum Gasteiger partial charge on any atom is 0.273 e. The minimum atomic E-state index is -3.78. The van der Waals surface area contributed by atoms with Crippen LogP contribution in [0.1, 0.15) is 11.1 Å². The van der Waals surface area contributed by atoms with Crippen molar-refractivity contribution in [1.29, 1.82) is 5.26 Å². The Morgan fingerprint density at radius 2 is 1.82 bits per heavy atom. The van der Waals surface area contributed by atoms with Gasteiger partial charge in [0.2, 0.25) is 0 Å². The van der Waals surface area contributed by atoms with E-state index in [0.717, 1.165) is 6.07 Å². The summed E-state index contributed by atoms with van der Waals surface area (Å²) < 4.78 is 24.7. The van der Waals surface area contributed by atoms with Crippen molar-refractivity contribution in [1.82, 2.24) is 0 Å². The van der Waals surface area contributed by atoms with Gasteiger partial charge in [-0.25, -0.2) is 8.42 Å². The van der Waals surface area contributed by atoms with Crippen molar-refractivity contribution < 1.29 is 13.3 Å². The average Bonchev–Trinajstić information content (AvgIpc) is 2.46. The molecule has 0 heterocycles. The Kier molecular flexibility index (Phi) is 4.45. The molecular formula is C14H9ClN2O4S. The first-order valence-corrected chi connectivity index (χ1v) is 8.02. The van der Waals surface area contributed by atoms with E-state index in [-0.39, 0.29) is 21.7 Å². The molecule has 8 heteroatoms. The summed E-state index contributed by atoms with van der Waals surface area (Å²) in [6.45, 7) is 0. The van der Waals surface area contributed by atoms with Crippen LogP contribution in [0.4, 0.5) is 5.69 Å². The Bertz CT molecular complexity index is 871. The predicted molar refractivity (Wildman–Crippen MR) is 80.2 cm³/mol. The molecule has 0 amide bonds. The summed E-state index contributed by atoms with van der Waals surface area (Å²) in [6.07, 6.45) is 0. The molecule has 0 radical (unpaired) electrons. The Balaban J connectivity index is 2.47. The van der Waals surface area contributed by atoms with Crippen LogP contribution in [0.5, 0.6) is 0 Å². The number of sulfone groups is 1. The molecule has 0 saturated carbocycles. The standard InChI is InChI=1S/C14H9ClN2O4S/c15-12-2-4-13(5-3-12)22(20,21)9-11-7-10(8-16)1-6-14(11)17(18)19/h1-7H,9H2. The third kappa shape index (κ3) is 3.42. The number of hydrogen-bond donors (Lipinski definition) is 0. The predicted octanol–water partition coefficient (Wildman–Crippen LogP) is 3.09. The van der Waals surface area contributed by atoms with Crippen molar-refractivity contribution in [3.05, 3.63) is 68.7 Å². The van der Waals surface area contributed by atoms with Gasteiger partial charge in [0.15, 0.2) is 9.84 Å².